The van der Waals surface area contributed by atoms with Crippen LogP contribution in [0, 0.1) is 0 Å². The maximum atomic E-state index is 12.7. The Balaban J connectivity index is 1.65. The summed E-state index contributed by atoms with van der Waals surface area (Å²) in [6.45, 7) is 0.864. The molecule has 3 heterocycles. The average Bonchev–Trinajstić information content (AvgIpc) is 3.24. The molecule has 0 fully saturated rings. The largest absolute Gasteiger partial charge is 0.471 e. The minimum atomic E-state index is -0.590. The van der Waals surface area contributed by atoms with Gasteiger partial charge in [-0.1, -0.05) is 18.2 Å². The number of para-hydroxylation sites is 1. The molecule has 1 aromatic carbocycles. The van der Waals surface area contributed by atoms with E-state index in [0.717, 1.165) is 22.2 Å². The fourth-order valence-corrected chi connectivity index (χ4v) is 2.96. The first-order valence-electron chi connectivity index (χ1n) is 7.48. The zero-order chi connectivity index (χ0) is 16.7. The van der Waals surface area contributed by atoms with E-state index in [1.165, 1.54) is 19.6 Å². The van der Waals surface area contributed by atoms with Crippen LogP contribution in [0.4, 0.5) is 0 Å². The van der Waals surface area contributed by atoms with Gasteiger partial charge in [-0.25, -0.2) is 4.79 Å². The summed E-state index contributed by atoms with van der Waals surface area (Å²) in [5, 5.41) is 1.05. The maximum Gasteiger partial charge on any atom is 0.341 e. The molecule has 0 bridgehead atoms. The zero-order valence-electron chi connectivity index (χ0n) is 13.0. The number of fused-ring (bicyclic) bond motifs is 2. The minimum Gasteiger partial charge on any atom is -0.471 e. The molecule has 120 valence electrons. The lowest BCUT2D eigenvalue weighted by molar-refractivity contribution is 0.0590. The molecule has 4 rings (SSSR count). The molecule has 0 saturated heterocycles. The van der Waals surface area contributed by atoms with Crippen molar-refractivity contribution < 1.29 is 18.7 Å². The molecule has 0 N–H and O–H groups in total. The van der Waals surface area contributed by atoms with E-state index in [-0.39, 0.29) is 17.0 Å². The van der Waals surface area contributed by atoms with E-state index in [0.29, 0.717) is 13.1 Å². The van der Waals surface area contributed by atoms with Crippen LogP contribution in [0.3, 0.4) is 0 Å². The standard InChI is InChI=1S/C18H14N2O4/c1-23-18(22)14-10-24-9-13(14)17(21)20-7-12-6-11-4-2-3-5-15(11)19-16(12)8-20/h2-6,9-10H,7-8H2,1H3. The van der Waals surface area contributed by atoms with Gasteiger partial charge in [-0.15, -0.1) is 0 Å². The summed E-state index contributed by atoms with van der Waals surface area (Å²) in [7, 11) is 1.27. The van der Waals surface area contributed by atoms with Crippen LogP contribution < -0.4 is 0 Å². The van der Waals surface area contributed by atoms with Crippen molar-refractivity contribution in [2.75, 3.05) is 7.11 Å². The molecule has 0 atom stereocenters. The molecule has 2 aromatic heterocycles. The van der Waals surface area contributed by atoms with Crippen LogP contribution in [0.5, 0.6) is 0 Å². The van der Waals surface area contributed by atoms with Crippen molar-refractivity contribution in [1.82, 2.24) is 9.88 Å². The number of nitrogens with zero attached hydrogens (tertiary/aromatic N) is 2. The molecule has 0 aliphatic carbocycles. The predicted molar refractivity (Wildman–Crippen MR) is 85.4 cm³/mol. The Morgan fingerprint density at radius 2 is 1.96 bits per heavy atom. The number of amides is 1. The maximum absolute atomic E-state index is 12.7. The Kier molecular flexibility index (Phi) is 3.30. The Hall–Kier alpha value is -3.15. The average molecular weight is 322 g/mol. The van der Waals surface area contributed by atoms with Crippen LogP contribution in [0.25, 0.3) is 10.9 Å². The fourth-order valence-electron chi connectivity index (χ4n) is 2.96. The molecule has 0 radical (unpaired) electrons. The number of esters is 1. The summed E-state index contributed by atoms with van der Waals surface area (Å²) >= 11 is 0. The molecule has 24 heavy (non-hydrogen) atoms. The van der Waals surface area contributed by atoms with Gasteiger partial charge in [0.25, 0.3) is 5.91 Å². The molecule has 6 nitrogen and oxygen atoms in total. The van der Waals surface area contributed by atoms with Crippen LogP contribution in [0.2, 0.25) is 0 Å². The van der Waals surface area contributed by atoms with Crippen molar-refractivity contribution in [3.63, 3.8) is 0 Å². The number of pyridine rings is 1. The molecule has 1 aliphatic rings. The van der Waals surface area contributed by atoms with Gasteiger partial charge in [-0.3, -0.25) is 9.78 Å². The van der Waals surface area contributed by atoms with Crippen LogP contribution >= 0.6 is 0 Å². The van der Waals surface area contributed by atoms with Crippen molar-refractivity contribution in [3.8, 4) is 0 Å². The smallest absolute Gasteiger partial charge is 0.341 e. The number of carbonyl (C=O) groups excluding carboxylic acids is 2. The highest BCUT2D eigenvalue weighted by atomic mass is 16.5. The summed E-state index contributed by atoms with van der Waals surface area (Å²) in [5.41, 5.74) is 3.15. The quantitative estimate of drug-likeness (QED) is 0.678. The fraction of sp³-hybridized carbons (Fsp3) is 0.167. The molecule has 1 aliphatic heterocycles. The summed E-state index contributed by atoms with van der Waals surface area (Å²) < 4.78 is 9.71. The van der Waals surface area contributed by atoms with E-state index in [4.69, 9.17) is 4.42 Å². The SMILES string of the molecule is COC(=O)c1cocc1C(=O)N1Cc2cc3ccccc3nc2C1. The van der Waals surface area contributed by atoms with Gasteiger partial charge >= 0.3 is 5.97 Å². The first kappa shape index (κ1) is 14.4. The number of hydrogen-bond acceptors (Lipinski definition) is 5. The topological polar surface area (TPSA) is 72.6 Å². The zero-order valence-corrected chi connectivity index (χ0v) is 13.0. The van der Waals surface area contributed by atoms with E-state index in [2.05, 4.69) is 15.8 Å². The number of ether oxygens (including phenoxy) is 1. The number of carbonyl (C=O) groups is 2. The Labute approximate surface area is 137 Å². The Morgan fingerprint density at radius 3 is 2.79 bits per heavy atom. The number of furan rings is 1. The summed E-state index contributed by atoms with van der Waals surface area (Å²) in [6.07, 6.45) is 2.51. The molecule has 3 aromatic rings. The van der Waals surface area contributed by atoms with Gasteiger partial charge in [0.2, 0.25) is 0 Å². The van der Waals surface area contributed by atoms with Crippen molar-refractivity contribution in [2.45, 2.75) is 13.1 Å². The second-order valence-corrected chi connectivity index (χ2v) is 5.64. The lowest BCUT2D eigenvalue weighted by Gasteiger charge is -2.14. The molecule has 0 unspecified atom stereocenters. The van der Waals surface area contributed by atoms with E-state index < -0.39 is 5.97 Å². The highest BCUT2D eigenvalue weighted by molar-refractivity contribution is 6.05. The van der Waals surface area contributed by atoms with Gasteiger partial charge in [-0.2, -0.15) is 0 Å². The lowest BCUT2D eigenvalue weighted by Crippen LogP contribution is -2.26. The first-order chi connectivity index (χ1) is 11.7. The number of benzene rings is 1. The Bertz CT molecular complexity index is 916. The molecule has 0 spiro atoms. The normalized spacial score (nSPS) is 13.1. The third-order valence-corrected chi connectivity index (χ3v) is 4.18. The van der Waals surface area contributed by atoms with Crippen LogP contribution in [0.15, 0.2) is 47.3 Å². The van der Waals surface area contributed by atoms with Crippen molar-refractivity contribution in [3.05, 3.63) is 65.2 Å². The van der Waals surface area contributed by atoms with E-state index in [9.17, 15) is 9.59 Å². The number of hydrogen-bond donors (Lipinski definition) is 0. The van der Waals surface area contributed by atoms with Crippen molar-refractivity contribution in [2.24, 2.45) is 0 Å². The summed E-state index contributed by atoms with van der Waals surface area (Å²) in [4.78, 5) is 30.7. The van der Waals surface area contributed by atoms with E-state index in [1.54, 1.807) is 4.90 Å². The van der Waals surface area contributed by atoms with Crippen LogP contribution in [0.1, 0.15) is 32.0 Å². The summed E-state index contributed by atoms with van der Waals surface area (Å²) in [5.74, 6) is -0.862. The lowest BCUT2D eigenvalue weighted by atomic mass is 10.1. The second kappa shape index (κ2) is 5.49. The van der Waals surface area contributed by atoms with Crippen LogP contribution in [-0.4, -0.2) is 28.9 Å². The van der Waals surface area contributed by atoms with Gasteiger partial charge in [0.1, 0.15) is 18.1 Å². The summed E-state index contributed by atoms with van der Waals surface area (Å²) in [6, 6.07) is 9.90. The predicted octanol–water partition coefficient (Wildman–Crippen LogP) is 2.77. The van der Waals surface area contributed by atoms with Gasteiger partial charge in [-0.05, 0) is 17.7 Å². The number of methoxy groups -OCH3 is 1. The number of aromatic nitrogens is 1. The van der Waals surface area contributed by atoms with Gasteiger partial charge in [0.15, 0.2) is 0 Å². The molecular formula is C18H14N2O4. The Morgan fingerprint density at radius 1 is 1.17 bits per heavy atom. The monoisotopic (exact) mass is 322 g/mol. The number of rotatable bonds is 2. The van der Waals surface area contributed by atoms with Gasteiger partial charge in [0.05, 0.1) is 30.4 Å². The molecular weight excluding hydrogens is 308 g/mol. The van der Waals surface area contributed by atoms with Crippen molar-refractivity contribution in [1.29, 1.82) is 0 Å². The van der Waals surface area contributed by atoms with E-state index >= 15 is 0 Å². The second-order valence-electron chi connectivity index (χ2n) is 5.64. The van der Waals surface area contributed by atoms with Crippen molar-refractivity contribution >= 4 is 22.8 Å². The first-order valence-corrected chi connectivity index (χ1v) is 7.48. The third-order valence-electron chi connectivity index (χ3n) is 4.18. The third kappa shape index (κ3) is 2.23. The van der Waals surface area contributed by atoms with Crippen LogP contribution in [-0.2, 0) is 17.8 Å². The molecule has 1 amide bonds. The van der Waals surface area contributed by atoms with E-state index in [1.807, 2.05) is 24.3 Å². The molecule has 6 heteroatoms. The van der Waals surface area contributed by atoms with Gasteiger partial charge in [0, 0.05) is 11.9 Å². The van der Waals surface area contributed by atoms with Gasteiger partial charge < -0.3 is 14.1 Å². The minimum absolute atomic E-state index is 0.136. The molecule has 0 saturated carbocycles. The highest BCUT2D eigenvalue weighted by Crippen LogP contribution is 2.27. The highest BCUT2D eigenvalue weighted by Gasteiger charge is 2.29.